The Morgan fingerprint density at radius 1 is 1.32 bits per heavy atom. The standard InChI is InChI=1S/C15H24N2O2/c1-10(2)19-15-8-12(14(18)9-13(15)16)11-4-6-17(3)7-5-11/h8-11,18H,4-7,16H2,1-3H3. The van der Waals surface area contributed by atoms with Gasteiger partial charge < -0.3 is 20.5 Å². The van der Waals surface area contributed by atoms with Crippen molar-refractivity contribution in [3.8, 4) is 11.5 Å². The average Bonchev–Trinajstić information content (AvgIpc) is 2.33. The van der Waals surface area contributed by atoms with E-state index in [1.807, 2.05) is 19.9 Å². The Hall–Kier alpha value is -1.42. The summed E-state index contributed by atoms with van der Waals surface area (Å²) in [5, 5.41) is 10.1. The monoisotopic (exact) mass is 264 g/mol. The molecule has 4 heteroatoms. The first-order chi connectivity index (χ1) is 8.97. The summed E-state index contributed by atoms with van der Waals surface area (Å²) in [4.78, 5) is 2.32. The summed E-state index contributed by atoms with van der Waals surface area (Å²) >= 11 is 0. The number of aromatic hydroxyl groups is 1. The topological polar surface area (TPSA) is 58.7 Å². The van der Waals surface area contributed by atoms with Crippen molar-refractivity contribution in [2.45, 2.75) is 38.7 Å². The molecule has 4 nitrogen and oxygen atoms in total. The van der Waals surface area contributed by atoms with Crippen LogP contribution in [0.2, 0.25) is 0 Å². The molecule has 1 aliphatic rings. The highest BCUT2D eigenvalue weighted by atomic mass is 16.5. The van der Waals surface area contributed by atoms with Crippen molar-refractivity contribution in [2.75, 3.05) is 25.9 Å². The van der Waals surface area contributed by atoms with E-state index < -0.39 is 0 Å². The van der Waals surface area contributed by atoms with E-state index in [0.717, 1.165) is 31.5 Å². The second kappa shape index (κ2) is 5.70. The molecule has 3 N–H and O–H groups in total. The normalized spacial score (nSPS) is 17.9. The second-order valence-electron chi connectivity index (χ2n) is 5.69. The summed E-state index contributed by atoms with van der Waals surface area (Å²) < 4.78 is 5.71. The molecule has 0 aliphatic carbocycles. The zero-order valence-electron chi connectivity index (χ0n) is 12.0. The number of phenols is 1. The lowest BCUT2D eigenvalue weighted by atomic mass is 9.88. The van der Waals surface area contributed by atoms with Crippen LogP contribution >= 0.6 is 0 Å². The Balaban J connectivity index is 2.24. The minimum absolute atomic E-state index is 0.0807. The number of phenolic OH excluding ortho intramolecular Hbond substituents is 1. The van der Waals surface area contributed by atoms with Crippen LogP contribution < -0.4 is 10.5 Å². The Kier molecular flexibility index (Phi) is 4.20. The maximum Gasteiger partial charge on any atom is 0.143 e. The number of nitrogens with zero attached hydrogens (tertiary/aromatic N) is 1. The Morgan fingerprint density at radius 2 is 1.95 bits per heavy atom. The van der Waals surface area contributed by atoms with Gasteiger partial charge in [-0.2, -0.15) is 0 Å². The molecule has 1 aromatic rings. The summed E-state index contributed by atoms with van der Waals surface area (Å²) in [7, 11) is 2.13. The van der Waals surface area contributed by atoms with E-state index in [9.17, 15) is 5.11 Å². The van der Waals surface area contributed by atoms with Gasteiger partial charge in [-0.05, 0) is 58.8 Å². The van der Waals surface area contributed by atoms with Gasteiger partial charge in [0.2, 0.25) is 0 Å². The van der Waals surface area contributed by atoms with Gasteiger partial charge in [0, 0.05) is 11.6 Å². The molecule has 19 heavy (non-hydrogen) atoms. The molecule has 1 fully saturated rings. The van der Waals surface area contributed by atoms with Crippen molar-refractivity contribution >= 4 is 5.69 Å². The molecule has 0 unspecified atom stereocenters. The molecule has 0 aromatic heterocycles. The third kappa shape index (κ3) is 3.32. The van der Waals surface area contributed by atoms with Gasteiger partial charge >= 0.3 is 0 Å². The highest BCUT2D eigenvalue weighted by Gasteiger charge is 2.22. The van der Waals surface area contributed by atoms with Crippen molar-refractivity contribution in [1.29, 1.82) is 0 Å². The third-order valence-electron chi connectivity index (χ3n) is 3.68. The number of nitrogens with two attached hydrogens (primary N) is 1. The molecular formula is C15H24N2O2. The molecular weight excluding hydrogens is 240 g/mol. The molecule has 1 aromatic carbocycles. The Labute approximate surface area is 115 Å². The largest absolute Gasteiger partial charge is 0.508 e. The number of ether oxygens (including phenoxy) is 1. The van der Waals surface area contributed by atoms with E-state index in [2.05, 4.69) is 11.9 Å². The van der Waals surface area contributed by atoms with Gasteiger partial charge in [0.25, 0.3) is 0 Å². The average molecular weight is 264 g/mol. The summed E-state index contributed by atoms with van der Waals surface area (Å²) in [5.74, 6) is 1.37. The van der Waals surface area contributed by atoms with Crippen LogP contribution in [0.5, 0.6) is 11.5 Å². The molecule has 0 atom stereocenters. The molecule has 0 spiro atoms. The molecule has 1 aliphatic heterocycles. The molecule has 1 saturated heterocycles. The number of piperidine rings is 1. The predicted molar refractivity (Wildman–Crippen MR) is 77.8 cm³/mol. The van der Waals surface area contributed by atoms with E-state index >= 15 is 0 Å². The maximum atomic E-state index is 10.1. The predicted octanol–water partition coefficient (Wildman–Crippen LogP) is 2.57. The molecule has 106 valence electrons. The smallest absolute Gasteiger partial charge is 0.143 e. The van der Waals surface area contributed by atoms with E-state index in [1.165, 1.54) is 0 Å². The summed E-state index contributed by atoms with van der Waals surface area (Å²) in [6, 6.07) is 3.53. The van der Waals surface area contributed by atoms with Gasteiger partial charge in [-0.1, -0.05) is 0 Å². The molecule has 0 amide bonds. The molecule has 0 bridgehead atoms. The van der Waals surface area contributed by atoms with Crippen LogP contribution in [0, 0.1) is 0 Å². The van der Waals surface area contributed by atoms with E-state index in [4.69, 9.17) is 10.5 Å². The summed E-state index contributed by atoms with van der Waals surface area (Å²) in [6.07, 6.45) is 2.21. The summed E-state index contributed by atoms with van der Waals surface area (Å²) in [6.45, 7) is 6.08. The fourth-order valence-corrected chi connectivity index (χ4v) is 2.60. The molecule has 2 rings (SSSR count). The molecule has 0 radical (unpaired) electrons. The van der Waals surface area contributed by atoms with Crippen LogP contribution in [-0.4, -0.2) is 36.2 Å². The number of rotatable bonds is 3. The number of hydrogen-bond acceptors (Lipinski definition) is 4. The van der Waals surface area contributed by atoms with Gasteiger partial charge in [-0.25, -0.2) is 0 Å². The molecule has 1 heterocycles. The quantitative estimate of drug-likeness (QED) is 0.824. The lowest BCUT2D eigenvalue weighted by Crippen LogP contribution is -2.29. The van der Waals surface area contributed by atoms with Gasteiger partial charge in [0.15, 0.2) is 0 Å². The highest BCUT2D eigenvalue weighted by molar-refractivity contribution is 5.59. The number of hydrogen-bond donors (Lipinski definition) is 2. The van der Waals surface area contributed by atoms with Crippen LogP contribution in [0.15, 0.2) is 12.1 Å². The van der Waals surface area contributed by atoms with Crippen LogP contribution in [-0.2, 0) is 0 Å². The van der Waals surface area contributed by atoms with Gasteiger partial charge in [-0.15, -0.1) is 0 Å². The number of anilines is 1. The zero-order valence-corrected chi connectivity index (χ0v) is 12.0. The SMILES string of the molecule is CC(C)Oc1cc(C2CCN(C)CC2)c(O)cc1N. The number of likely N-dealkylation sites (tertiary alicyclic amines) is 1. The van der Waals surface area contributed by atoms with Crippen LogP contribution in [0.25, 0.3) is 0 Å². The lowest BCUT2D eigenvalue weighted by molar-refractivity contribution is 0.240. The Bertz CT molecular complexity index is 438. The first-order valence-corrected chi connectivity index (χ1v) is 6.95. The van der Waals surface area contributed by atoms with E-state index in [0.29, 0.717) is 23.1 Å². The Morgan fingerprint density at radius 3 is 2.53 bits per heavy atom. The van der Waals surface area contributed by atoms with Crippen molar-refractivity contribution in [2.24, 2.45) is 0 Å². The van der Waals surface area contributed by atoms with Gasteiger partial charge in [-0.3, -0.25) is 0 Å². The second-order valence-corrected chi connectivity index (χ2v) is 5.69. The first kappa shape index (κ1) is 14.0. The van der Waals surface area contributed by atoms with Crippen molar-refractivity contribution < 1.29 is 9.84 Å². The number of benzene rings is 1. The van der Waals surface area contributed by atoms with Crippen LogP contribution in [0.1, 0.15) is 38.2 Å². The number of nitrogen functional groups attached to an aromatic ring is 1. The maximum absolute atomic E-state index is 10.1. The zero-order chi connectivity index (χ0) is 14.0. The van der Waals surface area contributed by atoms with Gasteiger partial charge in [0.1, 0.15) is 11.5 Å². The highest BCUT2D eigenvalue weighted by Crippen LogP contribution is 2.39. The van der Waals surface area contributed by atoms with Crippen molar-refractivity contribution in [1.82, 2.24) is 4.90 Å². The minimum atomic E-state index is 0.0807. The van der Waals surface area contributed by atoms with Crippen LogP contribution in [0.3, 0.4) is 0 Å². The fourth-order valence-electron chi connectivity index (χ4n) is 2.60. The molecule has 0 saturated carbocycles. The minimum Gasteiger partial charge on any atom is -0.508 e. The summed E-state index contributed by atoms with van der Waals surface area (Å²) in [5.41, 5.74) is 7.37. The van der Waals surface area contributed by atoms with E-state index in [-0.39, 0.29) is 6.10 Å². The third-order valence-corrected chi connectivity index (χ3v) is 3.68. The lowest BCUT2D eigenvalue weighted by Gasteiger charge is -2.30. The van der Waals surface area contributed by atoms with Crippen molar-refractivity contribution in [3.05, 3.63) is 17.7 Å². The fraction of sp³-hybridized carbons (Fsp3) is 0.600. The van der Waals surface area contributed by atoms with E-state index in [1.54, 1.807) is 6.07 Å². The van der Waals surface area contributed by atoms with Gasteiger partial charge in [0.05, 0.1) is 11.8 Å². The van der Waals surface area contributed by atoms with Crippen LogP contribution in [0.4, 0.5) is 5.69 Å². The van der Waals surface area contributed by atoms with Crippen molar-refractivity contribution in [3.63, 3.8) is 0 Å². The first-order valence-electron chi connectivity index (χ1n) is 6.95.